The molecule has 1 saturated heterocycles. The molecule has 0 aromatic rings. The van der Waals surface area contributed by atoms with Gasteiger partial charge in [-0.05, 0) is 38.7 Å². The lowest BCUT2D eigenvalue weighted by atomic mass is 9.85. The van der Waals surface area contributed by atoms with E-state index in [1.165, 1.54) is 6.92 Å². The first kappa shape index (κ1) is 21.6. The Morgan fingerprint density at radius 3 is 2.63 bits per heavy atom. The van der Waals surface area contributed by atoms with E-state index in [9.17, 15) is 19.8 Å². The molecule has 27 heavy (non-hydrogen) atoms. The molecule has 2 N–H and O–H groups in total. The molecular formula is C20H31NO6. The summed E-state index contributed by atoms with van der Waals surface area (Å²) < 4.78 is 11.0. The fraction of sp³-hybridized carbons (Fsp3) is 0.700. The normalized spacial score (nSPS) is 26.4. The van der Waals surface area contributed by atoms with E-state index < -0.39 is 23.6 Å². The van der Waals surface area contributed by atoms with Gasteiger partial charge in [-0.2, -0.15) is 0 Å². The van der Waals surface area contributed by atoms with Crippen LogP contribution in [-0.4, -0.2) is 70.6 Å². The highest BCUT2D eigenvalue weighted by Crippen LogP contribution is 2.32. The monoisotopic (exact) mass is 381 g/mol. The topological polar surface area (TPSA) is 96.3 Å². The molecule has 0 saturated carbocycles. The third-order valence-electron chi connectivity index (χ3n) is 5.64. The van der Waals surface area contributed by atoms with Crippen LogP contribution in [-0.2, 0) is 19.1 Å². The molecule has 2 rings (SSSR count). The van der Waals surface area contributed by atoms with Gasteiger partial charge in [-0.25, -0.2) is 9.59 Å². The van der Waals surface area contributed by atoms with Crippen molar-refractivity contribution in [2.45, 2.75) is 64.9 Å². The Kier molecular flexibility index (Phi) is 6.83. The predicted molar refractivity (Wildman–Crippen MR) is 99.8 cm³/mol. The van der Waals surface area contributed by atoms with Gasteiger partial charge in [0.2, 0.25) is 0 Å². The molecule has 152 valence electrons. The van der Waals surface area contributed by atoms with Crippen LogP contribution < -0.4 is 0 Å². The van der Waals surface area contributed by atoms with E-state index in [-0.39, 0.29) is 24.7 Å². The van der Waals surface area contributed by atoms with Gasteiger partial charge >= 0.3 is 11.9 Å². The van der Waals surface area contributed by atoms with Crippen molar-refractivity contribution >= 4 is 11.9 Å². The Labute approximate surface area is 160 Å². The summed E-state index contributed by atoms with van der Waals surface area (Å²) in [5, 5.41) is 20.4. The number of esters is 2. The molecule has 0 bridgehead atoms. The number of nitrogens with zero attached hydrogens (tertiary/aromatic N) is 1. The molecule has 0 radical (unpaired) electrons. The van der Waals surface area contributed by atoms with Crippen LogP contribution in [0.4, 0.5) is 0 Å². The Hall–Kier alpha value is -1.70. The summed E-state index contributed by atoms with van der Waals surface area (Å²) in [6.45, 7) is 9.68. The second kappa shape index (κ2) is 8.54. The van der Waals surface area contributed by atoms with Crippen molar-refractivity contribution < 1.29 is 29.3 Å². The number of fused-ring (bicyclic) bond motifs is 1. The fourth-order valence-electron chi connectivity index (χ4n) is 3.63. The number of hydrogen-bond donors (Lipinski definition) is 2. The molecule has 2 heterocycles. The van der Waals surface area contributed by atoms with E-state index in [2.05, 4.69) is 4.90 Å². The van der Waals surface area contributed by atoms with Crippen molar-refractivity contribution in [1.82, 2.24) is 4.90 Å². The number of ether oxygens (including phenoxy) is 2. The van der Waals surface area contributed by atoms with Gasteiger partial charge < -0.3 is 19.7 Å². The van der Waals surface area contributed by atoms with E-state index in [0.717, 1.165) is 18.5 Å². The van der Waals surface area contributed by atoms with E-state index in [1.54, 1.807) is 33.8 Å². The van der Waals surface area contributed by atoms with E-state index in [4.69, 9.17) is 9.47 Å². The van der Waals surface area contributed by atoms with Gasteiger partial charge in [0.05, 0.1) is 12.1 Å². The Bertz CT molecular complexity index is 628. The third kappa shape index (κ3) is 4.25. The number of rotatable bonds is 7. The number of aliphatic hydroxyl groups excluding tert-OH is 1. The van der Waals surface area contributed by atoms with E-state index in [1.807, 2.05) is 6.08 Å². The van der Waals surface area contributed by atoms with Gasteiger partial charge in [0.1, 0.15) is 12.7 Å². The molecule has 7 nitrogen and oxygen atoms in total. The highest BCUT2D eigenvalue weighted by Gasteiger charge is 2.47. The van der Waals surface area contributed by atoms with Crippen molar-refractivity contribution in [3.63, 3.8) is 0 Å². The lowest BCUT2D eigenvalue weighted by Gasteiger charge is -2.32. The van der Waals surface area contributed by atoms with Crippen molar-refractivity contribution in [3.05, 3.63) is 23.3 Å². The molecule has 0 aromatic heterocycles. The zero-order valence-electron chi connectivity index (χ0n) is 16.8. The molecule has 2 aliphatic rings. The molecule has 1 fully saturated rings. The van der Waals surface area contributed by atoms with Gasteiger partial charge in [0, 0.05) is 18.7 Å². The zero-order valence-corrected chi connectivity index (χ0v) is 16.8. The fourth-order valence-corrected chi connectivity index (χ4v) is 3.63. The Morgan fingerprint density at radius 1 is 1.41 bits per heavy atom. The van der Waals surface area contributed by atoms with Crippen LogP contribution in [0.15, 0.2) is 23.3 Å². The summed E-state index contributed by atoms with van der Waals surface area (Å²) in [5.74, 6) is -1.68. The molecule has 4 atom stereocenters. The first-order valence-corrected chi connectivity index (χ1v) is 9.47. The van der Waals surface area contributed by atoms with Gasteiger partial charge in [-0.15, -0.1) is 0 Å². The Balaban J connectivity index is 2.03. The third-order valence-corrected chi connectivity index (χ3v) is 5.64. The summed E-state index contributed by atoms with van der Waals surface area (Å²) >= 11 is 0. The SMILES string of the molecule is C/C=C(\C)C(=O)O[C@@H]1CCN2CC=C(COC(=O)[C@@](O)(C(C)C)[C@H](C)O)[C@H]12. The number of aliphatic hydroxyl groups is 2. The number of hydrogen-bond acceptors (Lipinski definition) is 7. The van der Waals surface area contributed by atoms with Gasteiger partial charge in [0.15, 0.2) is 5.60 Å². The molecule has 0 spiro atoms. The standard InChI is InChI=1S/C20H31NO6/c1-6-13(4)18(23)27-16-8-10-21-9-7-15(17(16)21)11-26-19(24)20(25,12(2)3)14(5)22/h6-7,12,14,16-17,22,25H,8-11H2,1-5H3/b13-6+/t14-,16+,17+,20+/m0/s1. The summed E-state index contributed by atoms with van der Waals surface area (Å²) in [6.07, 6.45) is 2.87. The zero-order chi connectivity index (χ0) is 20.4. The lowest BCUT2D eigenvalue weighted by Crippen LogP contribution is -2.53. The smallest absolute Gasteiger partial charge is 0.341 e. The van der Waals surface area contributed by atoms with Crippen LogP contribution in [0.1, 0.15) is 41.0 Å². The van der Waals surface area contributed by atoms with Crippen molar-refractivity contribution in [2.24, 2.45) is 5.92 Å². The van der Waals surface area contributed by atoms with Gasteiger partial charge in [0.25, 0.3) is 0 Å². The second-order valence-corrected chi connectivity index (χ2v) is 7.66. The summed E-state index contributed by atoms with van der Waals surface area (Å²) in [6, 6.07) is -0.120. The maximum atomic E-state index is 12.4. The van der Waals surface area contributed by atoms with Crippen LogP contribution in [0.2, 0.25) is 0 Å². The first-order valence-electron chi connectivity index (χ1n) is 9.47. The highest BCUT2D eigenvalue weighted by molar-refractivity contribution is 5.87. The predicted octanol–water partition coefficient (Wildman–Crippen LogP) is 1.19. The minimum atomic E-state index is -1.95. The van der Waals surface area contributed by atoms with Crippen LogP contribution in [0.25, 0.3) is 0 Å². The first-order chi connectivity index (χ1) is 12.6. The minimum absolute atomic E-state index is 0.00159. The molecule has 0 aliphatic carbocycles. The van der Waals surface area contributed by atoms with Crippen LogP contribution in [0.5, 0.6) is 0 Å². The average molecular weight is 381 g/mol. The minimum Gasteiger partial charge on any atom is -0.459 e. The molecule has 0 amide bonds. The number of carbonyl (C=O) groups excluding carboxylic acids is 2. The molecule has 0 unspecified atom stereocenters. The molecule has 2 aliphatic heterocycles. The largest absolute Gasteiger partial charge is 0.459 e. The van der Waals surface area contributed by atoms with E-state index >= 15 is 0 Å². The number of carbonyl (C=O) groups is 2. The summed E-state index contributed by atoms with van der Waals surface area (Å²) in [4.78, 5) is 26.7. The van der Waals surface area contributed by atoms with Crippen molar-refractivity contribution in [1.29, 1.82) is 0 Å². The summed E-state index contributed by atoms with van der Waals surface area (Å²) in [7, 11) is 0. The van der Waals surface area contributed by atoms with Crippen molar-refractivity contribution in [3.8, 4) is 0 Å². The van der Waals surface area contributed by atoms with Crippen molar-refractivity contribution in [2.75, 3.05) is 19.7 Å². The van der Waals surface area contributed by atoms with Crippen LogP contribution in [0, 0.1) is 5.92 Å². The van der Waals surface area contributed by atoms with Gasteiger partial charge in [-0.1, -0.05) is 26.0 Å². The van der Waals surface area contributed by atoms with Crippen LogP contribution >= 0.6 is 0 Å². The highest BCUT2D eigenvalue weighted by atomic mass is 16.6. The quantitative estimate of drug-likeness (QED) is 0.388. The van der Waals surface area contributed by atoms with Gasteiger partial charge in [-0.3, -0.25) is 4.90 Å². The van der Waals surface area contributed by atoms with Crippen LogP contribution in [0.3, 0.4) is 0 Å². The maximum absolute atomic E-state index is 12.4. The second-order valence-electron chi connectivity index (χ2n) is 7.66. The Morgan fingerprint density at radius 2 is 2.07 bits per heavy atom. The molecular weight excluding hydrogens is 350 g/mol. The number of allylic oxidation sites excluding steroid dienone is 1. The molecule has 7 heteroatoms. The maximum Gasteiger partial charge on any atom is 0.341 e. The molecule has 0 aromatic carbocycles. The van der Waals surface area contributed by atoms with E-state index in [0.29, 0.717) is 12.1 Å². The lowest BCUT2D eigenvalue weighted by molar-refractivity contribution is -0.183. The summed E-state index contributed by atoms with van der Waals surface area (Å²) in [5.41, 5.74) is -0.542. The average Bonchev–Trinajstić information content (AvgIpc) is 3.20.